The lowest BCUT2D eigenvalue weighted by molar-refractivity contribution is -0.119. The normalized spacial score (nSPS) is 18.2. The van der Waals surface area contributed by atoms with Crippen molar-refractivity contribution in [2.75, 3.05) is 31.5 Å². The SMILES string of the molecule is CC(=O)NCC1CCN(CCCCCBr)CC1. The van der Waals surface area contributed by atoms with Gasteiger partial charge in [0.05, 0.1) is 0 Å². The molecule has 1 N–H and O–H groups in total. The molecule has 1 aliphatic heterocycles. The van der Waals surface area contributed by atoms with Crippen molar-refractivity contribution >= 4 is 21.8 Å². The second kappa shape index (κ2) is 8.92. The Hall–Kier alpha value is -0.0900. The molecule has 100 valence electrons. The average Bonchev–Trinajstić information content (AvgIpc) is 2.33. The van der Waals surface area contributed by atoms with E-state index in [1.54, 1.807) is 6.92 Å². The number of rotatable bonds is 7. The van der Waals surface area contributed by atoms with Gasteiger partial charge in [0, 0.05) is 18.8 Å². The van der Waals surface area contributed by atoms with E-state index in [2.05, 4.69) is 26.1 Å². The van der Waals surface area contributed by atoms with Gasteiger partial charge in [0.15, 0.2) is 0 Å². The van der Waals surface area contributed by atoms with Crippen molar-refractivity contribution in [1.82, 2.24) is 10.2 Å². The van der Waals surface area contributed by atoms with E-state index in [0.717, 1.165) is 11.9 Å². The first-order chi connectivity index (χ1) is 8.22. The minimum absolute atomic E-state index is 0.0993. The van der Waals surface area contributed by atoms with Crippen molar-refractivity contribution in [2.24, 2.45) is 5.92 Å². The Balaban J connectivity index is 2.03. The van der Waals surface area contributed by atoms with Gasteiger partial charge in [0.1, 0.15) is 0 Å². The monoisotopic (exact) mass is 304 g/mol. The number of halogens is 1. The van der Waals surface area contributed by atoms with Crippen LogP contribution < -0.4 is 5.32 Å². The summed E-state index contributed by atoms with van der Waals surface area (Å²) in [6.07, 6.45) is 6.41. The number of alkyl halides is 1. The van der Waals surface area contributed by atoms with Crippen LogP contribution in [0.15, 0.2) is 0 Å². The first-order valence-corrected chi connectivity index (χ1v) is 7.87. The number of unbranched alkanes of at least 4 members (excludes halogenated alkanes) is 2. The second-order valence-electron chi connectivity index (χ2n) is 4.97. The highest BCUT2D eigenvalue weighted by Gasteiger charge is 2.18. The van der Waals surface area contributed by atoms with Gasteiger partial charge >= 0.3 is 0 Å². The van der Waals surface area contributed by atoms with Gasteiger partial charge in [0.25, 0.3) is 0 Å². The first-order valence-electron chi connectivity index (χ1n) is 6.75. The standard InChI is InChI=1S/C13H25BrN2O/c1-12(17)15-11-13-5-9-16(10-6-13)8-4-2-3-7-14/h13H,2-11H2,1H3,(H,15,17). The summed E-state index contributed by atoms with van der Waals surface area (Å²) < 4.78 is 0. The maximum absolute atomic E-state index is 10.8. The molecule has 0 radical (unpaired) electrons. The van der Waals surface area contributed by atoms with Gasteiger partial charge in [-0.15, -0.1) is 0 Å². The van der Waals surface area contributed by atoms with E-state index >= 15 is 0 Å². The van der Waals surface area contributed by atoms with E-state index in [-0.39, 0.29) is 5.91 Å². The Morgan fingerprint density at radius 2 is 2.00 bits per heavy atom. The van der Waals surface area contributed by atoms with Crippen molar-refractivity contribution in [3.05, 3.63) is 0 Å². The summed E-state index contributed by atoms with van der Waals surface area (Å²) in [5.41, 5.74) is 0. The molecule has 3 nitrogen and oxygen atoms in total. The van der Waals surface area contributed by atoms with Gasteiger partial charge in [-0.25, -0.2) is 0 Å². The first kappa shape index (κ1) is 15.0. The zero-order valence-corrected chi connectivity index (χ0v) is 12.5. The van der Waals surface area contributed by atoms with Crippen LogP contribution in [-0.2, 0) is 4.79 Å². The summed E-state index contributed by atoms with van der Waals surface area (Å²) in [6.45, 7) is 6.13. The predicted molar refractivity (Wildman–Crippen MR) is 75.5 cm³/mol. The van der Waals surface area contributed by atoms with Crippen LogP contribution in [0.3, 0.4) is 0 Å². The molecular formula is C13H25BrN2O. The zero-order valence-electron chi connectivity index (χ0n) is 10.9. The zero-order chi connectivity index (χ0) is 12.5. The minimum Gasteiger partial charge on any atom is -0.356 e. The predicted octanol–water partition coefficient (Wildman–Crippen LogP) is 2.40. The third kappa shape index (κ3) is 7.04. The van der Waals surface area contributed by atoms with Crippen LogP contribution in [0.25, 0.3) is 0 Å². The van der Waals surface area contributed by atoms with E-state index in [1.807, 2.05) is 0 Å². The molecule has 0 aliphatic carbocycles. The molecule has 0 aromatic carbocycles. The lowest BCUT2D eigenvalue weighted by atomic mass is 9.96. The van der Waals surface area contributed by atoms with E-state index < -0.39 is 0 Å². The highest BCUT2D eigenvalue weighted by Crippen LogP contribution is 2.16. The van der Waals surface area contributed by atoms with Crippen molar-refractivity contribution in [3.63, 3.8) is 0 Å². The molecule has 4 heteroatoms. The third-order valence-corrected chi connectivity index (χ3v) is 4.02. The summed E-state index contributed by atoms with van der Waals surface area (Å²) >= 11 is 3.46. The van der Waals surface area contributed by atoms with Gasteiger partial charge in [-0.3, -0.25) is 4.79 Å². The molecule has 1 fully saturated rings. The summed E-state index contributed by atoms with van der Waals surface area (Å²) in [4.78, 5) is 13.4. The van der Waals surface area contributed by atoms with Crippen LogP contribution in [-0.4, -0.2) is 42.3 Å². The summed E-state index contributed by atoms with van der Waals surface area (Å²) in [5.74, 6) is 0.792. The number of likely N-dealkylation sites (tertiary alicyclic amines) is 1. The molecule has 1 aliphatic rings. The smallest absolute Gasteiger partial charge is 0.216 e. The van der Waals surface area contributed by atoms with Crippen molar-refractivity contribution < 1.29 is 4.79 Å². The lowest BCUT2D eigenvalue weighted by Crippen LogP contribution is -2.38. The highest BCUT2D eigenvalue weighted by molar-refractivity contribution is 9.09. The number of nitrogens with zero attached hydrogens (tertiary/aromatic N) is 1. The number of carbonyl (C=O) groups is 1. The molecule has 0 atom stereocenters. The molecule has 0 aromatic rings. The largest absolute Gasteiger partial charge is 0.356 e. The maximum Gasteiger partial charge on any atom is 0.216 e. The van der Waals surface area contributed by atoms with Gasteiger partial charge in [0.2, 0.25) is 5.91 Å². The molecular weight excluding hydrogens is 280 g/mol. The molecule has 1 heterocycles. The molecule has 0 unspecified atom stereocenters. The molecule has 0 bridgehead atoms. The molecule has 1 amide bonds. The Morgan fingerprint density at radius 1 is 1.29 bits per heavy atom. The Kier molecular flexibility index (Phi) is 7.86. The van der Waals surface area contributed by atoms with Crippen molar-refractivity contribution in [1.29, 1.82) is 0 Å². The number of carbonyl (C=O) groups excluding carboxylic acids is 1. The van der Waals surface area contributed by atoms with E-state index in [1.165, 1.54) is 51.7 Å². The number of nitrogens with one attached hydrogen (secondary N) is 1. The fourth-order valence-electron chi connectivity index (χ4n) is 2.31. The summed E-state index contributed by atoms with van der Waals surface area (Å²) in [5, 5.41) is 4.06. The summed E-state index contributed by atoms with van der Waals surface area (Å²) in [7, 11) is 0. The average molecular weight is 305 g/mol. The van der Waals surface area contributed by atoms with Crippen LogP contribution in [0.5, 0.6) is 0 Å². The van der Waals surface area contributed by atoms with Crippen LogP contribution in [0.4, 0.5) is 0 Å². The van der Waals surface area contributed by atoms with E-state index in [4.69, 9.17) is 0 Å². The Bertz CT molecular complexity index is 215. The van der Waals surface area contributed by atoms with E-state index in [0.29, 0.717) is 5.92 Å². The molecule has 17 heavy (non-hydrogen) atoms. The van der Waals surface area contributed by atoms with Gasteiger partial charge < -0.3 is 10.2 Å². The minimum atomic E-state index is 0.0993. The summed E-state index contributed by atoms with van der Waals surface area (Å²) in [6, 6.07) is 0. The van der Waals surface area contributed by atoms with Gasteiger partial charge in [-0.1, -0.05) is 22.4 Å². The van der Waals surface area contributed by atoms with Crippen LogP contribution in [0, 0.1) is 5.92 Å². The highest BCUT2D eigenvalue weighted by atomic mass is 79.9. The second-order valence-corrected chi connectivity index (χ2v) is 5.76. The van der Waals surface area contributed by atoms with Crippen LogP contribution >= 0.6 is 15.9 Å². The quantitative estimate of drug-likeness (QED) is 0.579. The molecule has 0 spiro atoms. The molecule has 1 saturated heterocycles. The van der Waals surface area contributed by atoms with Crippen molar-refractivity contribution in [2.45, 2.75) is 39.0 Å². The third-order valence-electron chi connectivity index (χ3n) is 3.45. The Morgan fingerprint density at radius 3 is 2.59 bits per heavy atom. The molecule has 0 aromatic heterocycles. The van der Waals surface area contributed by atoms with Crippen LogP contribution in [0.1, 0.15) is 39.0 Å². The van der Waals surface area contributed by atoms with Crippen molar-refractivity contribution in [3.8, 4) is 0 Å². The fourth-order valence-corrected chi connectivity index (χ4v) is 2.71. The fraction of sp³-hybridized carbons (Fsp3) is 0.923. The number of piperidine rings is 1. The van der Waals surface area contributed by atoms with E-state index in [9.17, 15) is 4.79 Å². The topological polar surface area (TPSA) is 32.3 Å². The molecule has 1 rings (SSSR count). The van der Waals surface area contributed by atoms with Gasteiger partial charge in [-0.2, -0.15) is 0 Å². The number of amides is 1. The maximum atomic E-state index is 10.8. The number of hydrogen-bond donors (Lipinski definition) is 1. The Labute approximate surface area is 113 Å². The lowest BCUT2D eigenvalue weighted by Gasteiger charge is -2.31. The van der Waals surface area contributed by atoms with Gasteiger partial charge in [-0.05, 0) is 51.2 Å². The number of hydrogen-bond acceptors (Lipinski definition) is 2. The van der Waals surface area contributed by atoms with Crippen LogP contribution in [0.2, 0.25) is 0 Å². The molecule has 0 saturated carbocycles.